The van der Waals surface area contributed by atoms with Crippen molar-refractivity contribution in [1.82, 2.24) is 4.98 Å². The molecular formula is C10H11N3O4. The van der Waals surface area contributed by atoms with E-state index in [4.69, 9.17) is 10.8 Å². The maximum atomic E-state index is 11.3. The molecule has 0 atom stereocenters. The number of amides is 2. The molecule has 0 aliphatic carbocycles. The van der Waals surface area contributed by atoms with Crippen molar-refractivity contribution in [2.75, 3.05) is 5.32 Å². The normalized spacial score (nSPS) is 9.65. The molecule has 0 fully saturated rings. The average Bonchev–Trinajstić information content (AvgIpc) is 2.27. The zero-order valence-corrected chi connectivity index (χ0v) is 8.84. The first-order valence-electron chi connectivity index (χ1n) is 4.77. The van der Waals surface area contributed by atoms with Crippen LogP contribution in [-0.2, 0) is 9.59 Å². The van der Waals surface area contributed by atoms with Gasteiger partial charge in [-0.05, 0) is 12.1 Å². The van der Waals surface area contributed by atoms with Crippen LogP contribution in [0.25, 0.3) is 0 Å². The monoisotopic (exact) mass is 237 g/mol. The highest BCUT2D eigenvalue weighted by Crippen LogP contribution is 2.10. The van der Waals surface area contributed by atoms with Crippen LogP contribution in [-0.4, -0.2) is 27.9 Å². The number of nitrogens with zero attached hydrogens (tertiary/aromatic N) is 1. The molecule has 0 bridgehead atoms. The van der Waals surface area contributed by atoms with E-state index in [0.29, 0.717) is 0 Å². The minimum atomic E-state index is -1.07. The van der Waals surface area contributed by atoms with Gasteiger partial charge in [-0.1, -0.05) is 0 Å². The van der Waals surface area contributed by atoms with Crippen molar-refractivity contribution in [2.45, 2.75) is 12.8 Å². The highest BCUT2D eigenvalue weighted by molar-refractivity contribution is 6.02. The number of carbonyl (C=O) groups excluding carboxylic acids is 2. The molecule has 0 saturated heterocycles. The summed E-state index contributed by atoms with van der Waals surface area (Å²) in [4.78, 5) is 36.4. The molecular weight excluding hydrogens is 226 g/mol. The minimum absolute atomic E-state index is 0.0374. The largest absolute Gasteiger partial charge is 0.481 e. The van der Waals surface area contributed by atoms with Crippen molar-refractivity contribution >= 4 is 23.6 Å². The highest BCUT2D eigenvalue weighted by Gasteiger charge is 2.12. The van der Waals surface area contributed by atoms with Crippen LogP contribution in [0.5, 0.6) is 0 Å². The van der Waals surface area contributed by atoms with Crippen molar-refractivity contribution in [3.05, 3.63) is 23.9 Å². The Hall–Kier alpha value is -2.44. The SMILES string of the molecule is NC(=O)c1cccnc1NC(=O)CCC(=O)O. The number of hydrogen-bond donors (Lipinski definition) is 3. The van der Waals surface area contributed by atoms with Gasteiger partial charge in [-0.3, -0.25) is 14.4 Å². The smallest absolute Gasteiger partial charge is 0.303 e. The van der Waals surface area contributed by atoms with Gasteiger partial charge < -0.3 is 16.2 Å². The summed E-state index contributed by atoms with van der Waals surface area (Å²) in [6.45, 7) is 0. The number of hydrogen-bond acceptors (Lipinski definition) is 4. The maximum absolute atomic E-state index is 11.3. The third-order valence-corrected chi connectivity index (χ3v) is 1.90. The Balaban J connectivity index is 2.71. The topological polar surface area (TPSA) is 122 Å². The Morgan fingerprint density at radius 2 is 2.06 bits per heavy atom. The van der Waals surface area contributed by atoms with Gasteiger partial charge in [-0.15, -0.1) is 0 Å². The lowest BCUT2D eigenvalue weighted by Crippen LogP contribution is -2.19. The van der Waals surface area contributed by atoms with Crippen LogP contribution in [0.4, 0.5) is 5.82 Å². The number of nitrogens with two attached hydrogens (primary N) is 1. The molecule has 1 heterocycles. The minimum Gasteiger partial charge on any atom is -0.481 e. The summed E-state index contributed by atoms with van der Waals surface area (Å²) in [6.07, 6.45) is 0.911. The summed E-state index contributed by atoms with van der Waals surface area (Å²) in [7, 11) is 0. The maximum Gasteiger partial charge on any atom is 0.303 e. The van der Waals surface area contributed by atoms with Crippen molar-refractivity contribution in [2.24, 2.45) is 5.73 Å². The third kappa shape index (κ3) is 3.90. The van der Waals surface area contributed by atoms with Gasteiger partial charge in [0.2, 0.25) is 5.91 Å². The second-order valence-corrected chi connectivity index (χ2v) is 3.21. The van der Waals surface area contributed by atoms with E-state index in [9.17, 15) is 14.4 Å². The van der Waals surface area contributed by atoms with E-state index in [1.165, 1.54) is 18.3 Å². The van der Waals surface area contributed by atoms with E-state index in [-0.39, 0.29) is 24.2 Å². The first-order valence-corrected chi connectivity index (χ1v) is 4.77. The average molecular weight is 237 g/mol. The molecule has 4 N–H and O–H groups in total. The summed E-state index contributed by atoms with van der Waals surface area (Å²) < 4.78 is 0. The third-order valence-electron chi connectivity index (χ3n) is 1.90. The molecule has 0 unspecified atom stereocenters. The zero-order valence-electron chi connectivity index (χ0n) is 8.84. The van der Waals surface area contributed by atoms with E-state index in [1.807, 2.05) is 0 Å². The Kier molecular flexibility index (Phi) is 4.15. The lowest BCUT2D eigenvalue weighted by molar-refractivity contribution is -0.138. The molecule has 2 amide bonds. The number of carbonyl (C=O) groups is 3. The predicted molar refractivity (Wildman–Crippen MR) is 58.3 cm³/mol. The molecule has 0 saturated carbocycles. The molecule has 0 radical (unpaired) electrons. The second-order valence-electron chi connectivity index (χ2n) is 3.21. The number of anilines is 1. The van der Waals surface area contributed by atoms with Crippen LogP contribution in [0.15, 0.2) is 18.3 Å². The molecule has 7 nitrogen and oxygen atoms in total. The molecule has 90 valence electrons. The Morgan fingerprint density at radius 1 is 1.35 bits per heavy atom. The lowest BCUT2D eigenvalue weighted by atomic mass is 10.2. The second kappa shape index (κ2) is 5.59. The molecule has 1 aromatic heterocycles. The van der Waals surface area contributed by atoms with Crippen molar-refractivity contribution in [3.63, 3.8) is 0 Å². The highest BCUT2D eigenvalue weighted by atomic mass is 16.4. The molecule has 1 rings (SSSR count). The van der Waals surface area contributed by atoms with Crippen molar-refractivity contribution < 1.29 is 19.5 Å². The standard InChI is InChI=1S/C10H11N3O4/c11-9(17)6-2-1-5-12-10(6)13-7(14)3-4-8(15)16/h1-2,5H,3-4H2,(H2,11,17)(H,15,16)(H,12,13,14). The number of pyridine rings is 1. The zero-order chi connectivity index (χ0) is 12.8. The van der Waals surface area contributed by atoms with Gasteiger partial charge in [-0.2, -0.15) is 0 Å². The number of carboxylic acid groups (broad SMARTS) is 1. The summed E-state index contributed by atoms with van der Waals surface area (Å²) in [5.41, 5.74) is 5.17. The van der Waals surface area contributed by atoms with Crippen LogP contribution in [0.3, 0.4) is 0 Å². The van der Waals surface area contributed by atoms with Gasteiger partial charge in [0.25, 0.3) is 5.91 Å². The van der Waals surface area contributed by atoms with Crippen LogP contribution in [0, 0.1) is 0 Å². The summed E-state index contributed by atoms with van der Waals surface area (Å²) >= 11 is 0. The lowest BCUT2D eigenvalue weighted by Gasteiger charge is -2.06. The first kappa shape index (κ1) is 12.6. The fourth-order valence-electron chi connectivity index (χ4n) is 1.12. The number of rotatable bonds is 5. The molecule has 0 aliphatic rings. The van der Waals surface area contributed by atoms with Gasteiger partial charge in [0, 0.05) is 12.6 Å². The fourth-order valence-corrected chi connectivity index (χ4v) is 1.12. The molecule has 0 aromatic carbocycles. The number of carboxylic acids is 1. The van der Waals surface area contributed by atoms with E-state index in [0.717, 1.165) is 0 Å². The molecule has 1 aromatic rings. The van der Waals surface area contributed by atoms with Gasteiger partial charge >= 0.3 is 5.97 Å². The van der Waals surface area contributed by atoms with E-state index in [2.05, 4.69) is 10.3 Å². The fraction of sp³-hybridized carbons (Fsp3) is 0.200. The molecule has 7 heteroatoms. The van der Waals surface area contributed by atoms with Gasteiger partial charge in [-0.25, -0.2) is 4.98 Å². The van der Waals surface area contributed by atoms with Crippen LogP contribution < -0.4 is 11.1 Å². The Morgan fingerprint density at radius 3 is 2.65 bits per heavy atom. The van der Waals surface area contributed by atoms with Gasteiger partial charge in [0.05, 0.1) is 12.0 Å². The molecule has 0 aliphatic heterocycles. The number of aliphatic carboxylic acids is 1. The number of nitrogens with one attached hydrogen (secondary N) is 1. The summed E-state index contributed by atoms with van der Waals surface area (Å²) in [5, 5.41) is 10.7. The first-order chi connectivity index (χ1) is 8.00. The van der Waals surface area contributed by atoms with Crippen molar-refractivity contribution in [1.29, 1.82) is 0 Å². The molecule has 0 spiro atoms. The van der Waals surface area contributed by atoms with E-state index >= 15 is 0 Å². The van der Waals surface area contributed by atoms with E-state index < -0.39 is 17.8 Å². The molecule has 17 heavy (non-hydrogen) atoms. The summed E-state index contributed by atoms with van der Waals surface area (Å²) in [6, 6.07) is 2.93. The predicted octanol–water partition coefficient (Wildman–Crippen LogP) is -0.0162. The van der Waals surface area contributed by atoms with E-state index in [1.54, 1.807) is 0 Å². The van der Waals surface area contributed by atoms with Crippen molar-refractivity contribution in [3.8, 4) is 0 Å². The van der Waals surface area contributed by atoms with Gasteiger partial charge in [0.1, 0.15) is 5.82 Å². The quantitative estimate of drug-likeness (QED) is 0.664. The van der Waals surface area contributed by atoms with Crippen LogP contribution in [0.2, 0.25) is 0 Å². The van der Waals surface area contributed by atoms with Crippen LogP contribution in [0.1, 0.15) is 23.2 Å². The Labute approximate surface area is 96.6 Å². The summed E-state index contributed by atoms with van der Waals surface area (Å²) in [5.74, 6) is -2.29. The Bertz CT molecular complexity index is 459. The number of primary amides is 1. The number of aromatic nitrogens is 1. The van der Waals surface area contributed by atoms with Crippen LogP contribution >= 0.6 is 0 Å². The van der Waals surface area contributed by atoms with Gasteiger partial charge in [0.15, 0.2) is 0 Å².